The van der Waals surface area contributed by atoms with Crippen LogP contribution >= 0.6 is 28.3 Å². The van der Waals surface area contributed by atoms with Crippen molar-refractivity contribution >= 4 is 34.2 Å². The molecule has 1 saturated carbocycles. The van der Waals surface area contributed by atoms with E-state index in [9.17, 15) is 4.79 Å². The molecule has 6 heteroatoms. The quantitative estimate of drug-likeness (QED) is 0.793. The Kier molecular flexibility index (Phi) is 7.18. The SMILES string of the molecule is Cl.O=C(COc1ccc(Br)cc1)N1CCC(NCC2CC2)CC1. The van der Waals surface area contributed by atoms with Crippen LogP contribution in [0.4, 0.5) is 0 Å². The molecule has 1 saturated heterocycles. The number of halogens is 2. The minimum absolute atomic E-state index is 0. The number of likely N-dealkylation sites (tertiary alicyclic amines) is 1. The molecule has 1 amide bonds. The van der Waals surface area contributed by atoms with Gasteiger partial charge in [-0.1, -0.05) is 15.9 Å². The van der Waals surface area contributed by atoms with Crippen LogP contribution in [0.25, 0.3) is 0 Å². The monoisotopic (exact) mass is 402 g/mol. The van der Waals surface area contributed by atoms with Crippen LogP contribution in [0, 0.1) is 5.92 Å². The maximum absolute atomic E-state index is 12.2. The Morgan fingerprint density at radius 1 is 1.17 bits per heavy atom. The summed E-state index contributed by atoms with van der Waals surface area (Å²) in [7, 11) is 0. The van der Waals surface area contributed by atoms with E-state index < -0.39 is 0 Å². The average molecular weight is 404 g/mol. The Balaban J connectivity index is 0.00000192. The second kappa shape index (κ2) is 8.90. The molecule has 1 aromatic carbocycles. The topological polar surface area (TPSA) is 41.6 Å². The van der Waals surface area contributed by atoms with Gasteiger partial charge in [-0.15, -0.1) is 12.4 Å². The molecular formula is C17H24BrClN2O2. The smallest absolute Gasteiger partial charge is 0.260 e. The Morgan fingerprint density at radius 2 is 1.83 bits per heavy atom. The number of carbonyl (C=O) groups is 1. The highest BCUT2D eigenvalue weighted by Gasteiger charge is 2.26. The molecule has 3 rings (SSSR count). The molecule has 0 aromatic heterocycles. The highest BCUT2D eigenvalue weighted by molar-refractivity contribution is 9.10. The molecule has 23 heavy (non-hydrogen) atoms. The van der Waals surface area contributed by atoms with Crippen molar-refractivity contribution in [1.82, 2.24) is 10.2 Å². The summed E-state index contributed by atoms with van der Waals surface area (Å²) in [4.78, 5) is 14.1. The van der Waals surface area contributed by atoms with Crippen molar-refractivity contribution in [1.29, 1.82) is 0 Å². The second-order valence-electron chi connectivity index (χ2n) is 6.25. The van der Waals surface area contributed by atoms with Crippen molar-refractivity contribution in [3.63, 3.8) is 0 Å². The molecule has 0 radical (unpaired) electrons. The fourth-order valence-electron chi connectivity index (χ4n) is 2.76. The molecule has 1 N–H and O–H groups in total. The maximum Gasteiger partial charge on any atom is 0.260 e. The second-order valence-corrected chi connectivity index (χ2v) is 7.16. The predicted molar refractivity (Wildman–Crippen MR) is 97.2 cm³/mol. The summed E-state index contributed by atoms with van der Waals surface area (Å²) in [5.41, 5.74) is 0. The van der Waals surface area contributed by atoms with Crippen molar-refractivity contribution in [2.24, 2.45) is 5.92 Å². The van der Waals surface area contributed by atoms with E-state index in [4.69, 9.17) is 4.74 Å². The van der Waals surface area contributed by atoms with E-state index in [0.29, 0.717) is 6.04 Å². The summed E-state index contributed by atoms with van der Waals surface area (Å²) in [5.74, 6) is 1.74. The first-order chi connectivity index (χ1) is 10.7. The van der Waals surface area contributed by atoms with Gasteiger partial charge in [0.25, 0.3) is 5.91 Å². The summed E-state index contributed by atoms with van der Waals surface area (Å²) >= 11 is 3.38. The predicted octanol–water partition coefficient (Wildman–Crippen LogP) is 3.24. The van der Waals surface area contributed by atoms with Gasteiger partial charge >= 0.3 is 0 Å². The first-order valence-electron chi connectivity index (χ1n) is 8.10. The third-order valence-electron chi connectivity index (χ3n) is 4.42. The molecule has 2 aliphatic rings. The van der Waals surface area contributed by atoms with Gasteiger partial charge in [-0.3, -0.25) is 4.79 Å². The number of hydrogen-bond acceptors (Lipinski definition) is 3. The van der Waals surface area contributed by atoms with E-state index in [0.717, 1.165) is 48.6 Å². The van der Waals surface area contributed by atoms with Crippen molar-refractivity contribution < 1.29 is 9.53 Å². The van der Waals surface area contributed by atoms with E-state index in [2.05, 4.69) is 21.2 Å². The number of benzene rings is 1. The lowest BCUT2D eigenvalue weighted by molar-refractivity contribution is -0.134. The molecule has 1 aliphatic heterocycles. The summed E-state index contributed by atoms with van der Waals surface area (Å²) in [6, 6.07) is 8.14. The van der Waals surface area contributed by atoms with Crippen molar-refractivity contribution in [2.75, 3.05) is 26.2 Å². The third kappa shape index (κ3) is 5.98. The fourth-order valence-corrected chi connectivity index (χ4v) is 3.02. The van der Waals surface area contributed by atoms with Crippen LogP contribution in [0.3, 0.4) is 0 Å². The zero-order chi connectivity index (χ0) is 15.4. The summed E-state index contributed by atoms with van der Waals surface area (Å²) in [6.07, 6.45) is 4.88. The largest absolute Gasteiger partial charge is 0.484 e. The molecule has 4 nitrogen and oxygen atoms in total. The minimum atomic E-state index is 0. The zero-order valence-electron chi connectivity index (χ0n) is 13.2. The van der Waals surface area contributed by atoms with Crippen LogP contribution in [0.5, 0.6) is 5.75 Å². The van der Waals surface area contributed by atoms with E-state index in [1.807, 2.05) is 29.2 Å². The molecule has 0 bridgehead atoms. The first kappa shape index (κ1) is 18.6. The maximum atomic E-state index is 12.2. The van der Waals surface area contributed by atoms with E-state index in [1.54, 1.807) is 0 Å². The Labute approximate surface area is 152 Å². The zero-order valence-corrected chi connectivity index (χ0v) is 15.6. The third-order valence-corrected chi connectivity index (χ3v) is 4.94. The lowest BCUT2D eigenvalue weighted by atomic mass is 10.0. The van der Waals surface area contributed by atoms with Gasteiger partial charge in [-0.2, -0.15) is 0 Å². The van der Waals surface area contributed by atoms with E-state index in [-0.39, 0.29) is 24.9 Å². The highest BCUT2D eigenvalue weighted by Crippen LogP contribution is 2.28. The molecular weight excluding hydrogens is 380 g/mol. The van der Waals surface area contributed by atoms with Gasteiger partial charge in [0, 0.05) is 23.6 Å². The number of amides is 1. The molecule has 1 heterocycles. The van der Waals surface area contributed by atoms with Gasteiger partial charge in [-0.25, -0.2) is 0 Å². The van der Waals surface area contributed by atoms with Gasteiger partial charge in [0.2, 0.25) is 0 Å². The first-order valence-corrected chi connectivity index (χ1v) is 8.89. The van der Waals surface area contributed by atoms with Crippen LogP contribution in [0.15, 0.2) is 28.7 Å². The summed E-state index contributed by atoms with van der Waals surface area (Å²) in [6.45, 7) is 2.96. The Hall–Kier alpha value is -0.780. The van der Waals surface area contributed by atoms with E-state index in [1.165, 1.54) is 12.8 Å². The van der Waals surface area contributed by atoms with Crippen LogP contribution in [0.2, 0.25) is 0 Å². The van der Waals surface area contributed by atoms with Crippen molar-refractivity contribution in [3.8, 4) is 5.75 Å². The highest BCUT2D eigenvalue weighted by atomic mass is 79.9. The molecule has 2 fully saturated rings. The Morgan fingerprint density at radius 3 is 2.43 bits per heavy atom. The lowest BCUT2D eigenvalue weighted by Crippen LogP contribution is -2.46. The average Bonchev–Trinajstić information content (AvgIpc) is 3.37. The number of hydrogen-bond donors (Lipinski definition) is 1. The van der Waals surface area contributed by atoms with Crippen LogP contribution < -0.4 is 10.1 Å². The number of nitrogens with one attached hydrogen (secondary N) is 1. The summed E-state index contributed by atoms with van der Waals surface area (Å²) < 4.78 is 6.57. The van der Waals surface area contributed by atoms with Crippen molar-refractivity contribution in [2.45, 2.75) is 31.7 Å². The molecule has 0 unspecified atom stereocenters. The van der Waals surface area contributed by atoms with Crippen molar-refractivity contribution in [3.05, 3.63) is 28.7 Å². The van der Waals surface area contributed by atoms with Crippen LogP contribution in [-0.4, -0.2) is 43.1 Å². The van der Waals surface area contributed by atoms with Gasteiger partial charge in [-0.05, 0) is 62.4 Å². The fraction of sp³-hybridized carbons (Fsp3) is 0.588. The molecule has 0 spiro atoms. The van der Waals surface area contributed by atoms with Crippen LogP contribution in [0.1, 0.15) is 25.7 Å². The number of ether oxygens (including phenoxy) is 1. The number of carbonyl (C=O) groups excluding carboxylic acids is 1. The molecule has 128 valence electrons. The molecule has 1 aromatic rings. The van der Waals surface area contributed by atoms with Gasteiger partial charge in [0.1, 0.15) is 5.75 Å². The van der Waals surface area contributed by atoms with Gasteiger partial charge in [0.05, 0.1) is 0 Å². The Bertz CT molecular complexity index is 500. The summed E-state index contributed by atoms with van der Waals surface area (Å²) in [5, 5.41) is 3.63. The molecule has 1 aliphatic carbocycles. The van der Waals surface area contributed by atoms with E-state index >= 15 is 0 Å². The number of nitrogens with zero attached hydrogens (tertiary/aromatic N) is 1. The molecule has 0 atom stereocenters. The van der Waals surface area contributed by atoms with Gasteiger partial charge in [0.15, 0.2) is 6.61 Å². The number of piperidine rings is 1. The minimum Gasteiger partial charge on any atom is -0.484 e. The number of rotatable bonds is 6. The van der Waals surface area contributed by atoms with Crippen LogP contribution in [-0.2, 0) is 4.79 Å². The lowest BCUT2D eigenvalue weighted by Gasteiger charge is -2.32. The normalized spacial score (nSPS) is 18.4. The standard InChI is InChI=1S/C17H23BrN2O2.ClH/c18-14-3-5-16(6-4-14)22-12-17(21)20-9-7-15(8-10-20)19-11-13-1-2-13;/h3-6,13,15,19H,1-2,7-12H2;1H. The van der Waals surface area contributed by atoms with Gasteiger partial charge < -0.3 is 15.0 Å².